The third-order valence-corrected chi connectivity index (χ3v) is 5.07. The third kappa shape index (κ3) is 2.41. The highest BCUT2D eigenvalue weighted by atomic mass is 32.2. The van der Waals surface area contributed by atoms with E-state index < -0.39 is 0 Å². The standard InChI is InChI=1S/C11H21NS/c1-9-3-4-10(7-9)12-8-11(13-2)5-6-11/h9-10,12H,3-8H2,1-2H3. The maximum absolute atomic E-state index is 3.74. The number of hydrogen-bond acceptors (Lipinski definition) is 2. The van der Waals surface area contributed by atoms with Crippen molar-refractivity contribution in [2.45, 2.75) is 49.8 Å². The van der Waals surface area contributed by atoms with Gasteiger partial charge in [0.25, 0.3) is 0 Å². The molecular formula is C11H21NS. The molecule has 0 aromatic heterocycles. The van der Waals surface area contributed by atoms with Gasteiger partial charge in [0, 0.05) is 17.3 Å². The first-order valence-electron chi connectivity index (χ1n) is 5.53. The van der Waals surface area contributed by atoms with Crippen LogP contribution in [0.1, 0.15) is 39.0 Å². The number of nitrogens with one attached hydrogen (secondary N) is 1. The van der Waals surface area contributed by atoms with Crippen LogP contribution in [0.15, 0.2) is 0 Å². The van der Waals surface area contributed by atoms with E-state index in [1.54, 1.807) is 0 Å². The Morgan fingerprint density at radius 3 is 2.62 bits per heavy atom. The Kier molecular flexibility index (Phi) is 2.89. The fourth-order valence-electron chi connectivity index (χ4n) is 2.32. The summed E-state index contributed by atoms with van der Waals surface area (Å²) in [5, 5.41) is 3.74. The van der Waals surface area contributed by atoms with E-state index in [4.69, 9.17) is 0 Å². The van der Waals surface area contributed by atoms with Gasteiger partial charge in [-0.2, -0.15) is 11.8 Å². The van der Waals surface area contributed by atoms with Gasteiger partial charge in [-0.1, -0.05) is 6.92 Å². The van der Waals surface area contributed by atoms with Crippen molar-refractivity contribution in [1.29, 1.82) is 0 Å². The molecule has 0 aromatic carbocycles. The van der Waals surface area contributed by atoms with Gasteiger partial charge in [-0.15, -0.1) is 0 Å². The predicted octanol–water partition coefficient (Wildman–Crippen LogP) is 2.66. The van der Waals surface area contributed by atoms with E-state index in [0.29, 0.717) is 4.75 Å². The normalized spacial score (nSPS) is 36.5. The lowest BCUT2D eigenvalue weighted by atomic mass is 10.1. The van der Waals surface area contributed by atoms with Crippen LogP contribution in [-0.2, 0) is 0 Å². The molecular weight excluding hydrogens is 178 g/mol. The van der Waals surface area contributed by atoms with E-state index in [2.05, 4.69) is 30.3 Å². The average Bonchev–Trinajstić information content (AvgIpc) is 2.81. The lowest BCUT2D eigenvalue weighted by Crippen LogP contribution is -2.33. The fraction of sp³-hybridized carbons (Fsp3) is 1.00. The van der Waals surface area contributed by atoms with Crippen LogP contribution in [0, 0.1) is 5.92 Å². The first kappa shape index (κ1) is 9.85. The van der Waals surface area contributed by atoms with Gasteiger partial charge in [0.15, 0.2) is 0 Å². The van der Waals surface area contributed by atoms with E-state index in [1.165, 1.54) is 38.6 Å². The summed E-state index contributed by atoms with van der Waals surface area (Å²) < 4.78 is 0.645. The highest BCUT2D eigenvalue weighted by molar-refractivity contribution is 8.00. The van der Waals surface area contributed by atoms with Crippen molar-refractivity contribution in [3.8, 4) is 0 Å². The Bertz CT molecular complexity index is 177. The highest BCUT2D eigenvalue weighted by Gasteiger charge is 2.42. The maximum atomic E-state index is 3.74. The molecule has 0 aromatic rings. The van der Waals surface area contributed by atoms with Crippen molar-refractivity contribution in [1.82, 2.24) is 5.32 Å². The summed E-state index contributed by atoms with van der Waals surface area (Å²) in [5.74, 6) is 0.960. The molecule has 0 aliphatic heterocycles. The molecule has 0 heterocycles. The molecule has 0 bridgehead atoms. The van der Waals surface area contributed by atoms with E-state index >= 15 is 0 Å². The molecule has 13 heavy (non-hydrogen) atoms. The SMILES string of the molecule is CSC1(CNC2CCC(C)C2)CC1. The maximum Gasteiger partial charge on any atom is 0.0282 e. The van der Waals surface area contributed by atoms with Crippen LogP contribution in [0.4, 0.5) is 0 Å². The first-order valence-corrected chi connectivity index (χ1v) is 6.75. The minimum absolute atomic E-state index is 0.645. The average molecular weight is 199 g/mol. The van der Waals surface area contributed by atoms with Gasteiger partial charge in [-0.3, -0.25) is 0 Å². The van der Waals surface area contributed by atoms with Gasteiger partial charge in [-0.25, -0.2) is 0 Å². The minimum atomic E-state index is 0.645. The molecule has 1 nitrogen and oxygen atoms in total. The van der Waals surface area contributed by atoms with Gasteiger partial charge in [0.2, 0.25) is 0 Å². The Balaban J connectivity index is 1.68. The minimum Gasteiger partial charge on any atom is -0.313 e. The summed E-state index contributed by atoms with van der Waals surface area (Å²) >= 11 is 2.06. The molecule has 2 aliphatic rings. The summed E-state index contributed by atoms with van der Waals surface area (Å²) in [4.78, 5) is 0. The number of rotatable bonds is 4. The zero-order chi connectivity index (χ0) is 9.31. The second-order valence-electron chi connectivity index (χ2n) is 4.88. The summed E-state index contributed by atoms with van der Waals surface area (Å²) in [5.41, 5.74) is 0. The number of hydrogen-bond donors (Lipinski definition) is 1. The van der Waals surface area contributed by atoms with Crippen molar-refractivity contribution in [2.24, 2.45) is 5.92 Å². The molecule has 2 aliphatic carbocycles. The molecule has 2 atom stereocenters. The lowest BCUT2D eigenvalue weighted by molar-refractivity contribution is 0.498. The summed E-state index contributed by atoms with van der Waals surface area (Å²) in [6.45, 7) is 3.63. The smallest absolute Gasteiger partial charge is 0.0282 e. The van der Waals surface area contributed by atoms with Crippen molar-refractivity contribution < 1.29 is 0 Å². The van der Waals surface area contributed by atoms with Crippen LogP contribution in [0.25, 0.3) is 0 Å². The molecule has 2 unspecified atom stereocenters. The van der Waals surface area contributed by atoms with E-state index in [9.17, 15) is 0 Å². The monoisotopic (exact) mass is 199 g/mol. The molecule has 0 amide bonds. The van der Waals surface area contributed by atoms with Crippen LogP contribution >= 0.6 is 11.8 Å². The first-order chi connectivity index (χ1) is 6.24. The second kappa shape index (κ2) is 3.82. The highest BCUT2D eigenvalue weighted by Crippen LogP contribution is 2.46. The zero-order valence-corrected chi connectivity index (χ0v) is 9.62. The second-order valence-corrected chi connectivity index (χ2v) is 6.16. The number of thioether (sulfide) groups is 1. The van der Waals surface area contributed by atoms with Gasteiger partial charge in [0.05, 0.1) is 0 Å². The Labute approximate surface area is 86.0 Å². The molecule has 2 heteroatoms. The lowest BCUT2D eigenvalue weighted by Gasteiger charge is -2.17. The van der Waals surface area contributed by atoms with Gasteiger partial charge < -0.3 is 5.32 Å². The fourth-order valence-corrected chi connectivity index (χ4v) is 3.05. The van der Waals surface area contributed by atoms with Crippen molar-refractivity contribution >= 4 is 11.8 Å². The Hall–Kier alpha value is 0.310. The topological polar surface area (TPSA) is 12.0 Å². The summed E-state index contributed by atoms with van der Waals surface area (Å²) in [6, 6.07) is 0.833. The summed E-state index contributed by atoms with van der Waals surface area (Å²) in [6.07, 6.45) is 9.37. The Morgan fingerprint density at radius 1 is 1.38 bits per heavy atom. The molecule has 0 spiro atoms. The third-order valence-electron chi connectivity index (χ3n) is 3.65. The van der Waals surface area contributed by atoms with Crippen LogP contribution in [0.5, 0.6) is 0 Å². The van der Waals surface area contributed by atoms with Crippen molar-refractivity contribution in [3.63, 3.8) is 0 Å². The Morgan fingerprint density at radius 2 is 2.15 bits per heavy atom. The van der Waals surface area contributed by atoms with E-state index in [1.807, 2.05) is 0 Å². The van der Waals surface area contributed by atoms with Crippen LogP contribution in [0.3, 0.4) is 0 Å². The zero-order valence-electron chi connectivity index (χ0n) is 8.81. The molecule has 0 radical (unpaired) electrons. The molecule has 0 saturated heterocycles. The molecule has 76 valence electrons. The van der Waals surface area contributed by atoms with Gasteiger partial charge in [-0.05, 0) is 44.3 Å². The van der Waals surface area contributed by atoms with Gasteiger partial charge >= 0.3 is 0 Å². The molecule has 1 N–H and O–H groups in total. The van der Waals surface area contributed by atoms with Crippen LogP contribution in [0.2, 0.25) is 0 Å². The summed E-state index contributed by atoms with van der Waals surface area (Å²) in [7, 11) is 0. The molecule has 2 fully saturated rings. The molecule has 2 rings (SSSR count). The van der Waals surface area contributed by atoms with Crippen molar-refractivity contribution in [2.75, 3.05) is 12.8 Å². The predicted molar refractivity (Wildman–Crippen MR) is 60.3 cm³/mol. The van der Waals surface area contributed by atoms with E-state index in [0.717, 1.165) is 12.0 Å². The van der Waals surface area contributed by atoms with Crippen molar-refractivity contribution in [3.05, 3.63) is 0 Å². The largest absolute Gasteiger partial charge is 0.313 e. The van der Waals surface area contributed by atoms with Crippen LogP contribution < -0.4 is 5.32 Å². The van der Waals surface area contributed by atoms with E-state index in [-0.39, 0.29) is 0 Å². The van der Waals surface area contributed by atoms with Gasteiger partial charge in [0.1, 0.15) is 0 Å². The quantitative estimate of drug-likeness (QED) is 0.747. The molecule has 2 saturated carbocycles. The van der Waals surface area contributed by atoms with Crippen LogP contribution in [-0.4, -0.2) is 23.6 Å².